The topological polar surface area (TPSA) is 214 Å². The van der Waals surface area contributed by atoms with Crippen LogP contribution in [0.5, 0.6) is 23.0 Å². The third kappa shape index (κ3) is 9.60. The zero-order chi connectivity index (χ0) is 34.5. The van der Waals surface area contributed by atoms with E-state index in [1.807, 2.05) is 27.7 Å². The maximum absolute atomic E-state index is 12.6. The molecule has 2 unspecified atom stereocenters. The summed E-state index contributed by atoms with van der Waals surface area (Å²) in [6, 6.07) is 10.8. The Kier molecular flexibility index (Phi) is 16.0. The molecule has 51 heavy (non-hydrogen) atoms. The molecule has 0 bridgehead atoms. The van der Waals surface area contributed by atoms with Gasteiger partial charge in [-0.15, -0.1) is 0 Å². The maximum atomic E-state index is 12.6. The zero-order valence-corrected chi connectivity index (χ0v) is 32.7. The smallest absolute Gasteiger partial charge is 0.497 e. The van der Waals surface area contributed by atoms with Gasteiger partial charge in [-0.3, -0.25) is 18.4 Å². The van der Waals surface area contributed by atoms with Crippen LogP contribution >= 0.6 is 0 Å². The summed E-state index contributed by atoms with van der Waals surface area (Å²) in [5, 5.41) is 0.609. The Balaban J connectivity index is 0.000000334. The third-order valence-electron chi connectivity index (χ3n) is 7.67. The summed E-state index contributed by atoms with van der Waals surface area (Å²) in [5.41, 5.74) is 7.87. The van der Waals surface area contributed by atoms with Crippen molar-refractivity contribution in [2.45, 2.75) is 49.5 Å². The van der Waals surface area contributed by atoms with E-state index in [1.165, 1.54) is 0 Å². The summed E-state index contributed by atoms with van der Waals surface area (Å²) in [6.45, 7) is 7.69. The van der Waals surface area contributed by atoms with Crippen LogP contribution in [0, 0.1) is 27.7 Å². The number of benzene rings is 2. The molecule has 268 valence electrons. The largest absolute Gasteiger partial charge is 2.00 e. The van der Waals surface area contributed by atoms with Crippen LogP contribution in [0.1, 0.15) is 33.6 Å². The fourth-order valence-electron chi connectivity index (χ4n) is 5.11. The van der Waals surface area contributed by atoms with E-state index in [1.54, 1.807) is 77.2 Å². The molecule has 0 saturated carbocycles. The molecular weight excluding hydrogens is 709 g/mol. The van der Waals surface area contributed by atoms with E-state index in [0.717, 1.165) is 45.1 Å². The molecule has 4 heterocycles. The molecule has 0 aliphatic rings. The maximum Gasteiger partial charge on any atom is 2.00 e. The fourth-order valence-corrected chi connectivity index (χ4v) is 7.24. The molecule has 6 rings (SSSR count). The van der Waals surface area contributed by atoms with E-state index in [0.29, 0.717) is 43.9 Å². The Bertz CT molecular complexity index is 2010. The van der Waals surface area contributed by atoms with Gasteiger partial charge in [-0.05, 0) is 74.0 Å². The molecule has 0 aliphatic carbocycles. The number of hydrogen-bond acceptors (Lipinski definition) is 10. The van der Waals surface area contributed by atoms with Crippen LogP contribution in [-0.2, 0) is 33.1 Å². The molecule has 14 nitrogen and oxygen atoms in total. The first kappa shape index (κ1) is 43.0. The summed E-state index contributed by atoms with van der Waals surface area (Å²) in [7, 11) is 3.66. The summed E-state index contributed by atoms with van der Waals surface area (Å²) < 4.78 is 46.4. The van der Waals surface area contributed by atoms with Gasteiger partial charge in [-0.2, -0.15) is 0 Å². The number of methoxy groups -OCH3 is 4. The van der Waals surface area contributed by atoms with Crippen molar-refractivity contribution in [1.82, 2.24) is 29.9 Å². The Morgan fingerprint density at radius 3 is 1.31 bits per heavy atom. The van der Waals surface area contributed by atoms with E-state index in [2.05, 4.69) is 29.9 Å². The van der Waals surface area contributed by atoms with E-state index < -0.39 is 21.6 Å². The predicted molar refractivity (Wildman–Crippen MR) is 197 cm³/mol. The Morgan fingerprint density at radius 2 is 0.980 bits per heavy atom. The first-order chi connectivity index (χ1) is 23.1. The number of fused-ring (bicyclic) bond motifs is 2. The molecule has 0 spiro atoms. The standard InChI is InChI=1S/2C17H18N3O3S.Mg.2H2O/c2*1-10-8-18-15(11(2)16(10)23-4)9-24(21)17-19-13-6-5-12(22-3)7-14(13)20-17;;;/h2*5-8H,9H2,1-4H3;;2*1H2/q2*-1;+2;;. The van der Waals surface area contributed by atoms with Crippen molar-refractivity contribution in [3.8, 4) is 23.0 Å². The van der Waals surface area contributed by atoms with Crippen LogP contribution in [-0.4, -0.2) is 90.8 Å². The molecule has 0 aliphatic heterocycles. The molecule has 0 fully saturated rings. The van der Waals surface area contributed by atoms with Crippen molar-refractivity contribution < 1.29 is 38.3 Å². The van der Waals surface area contributed by atoms with E-state index in [9.17, 15) is 8.42 Å². The second-order valence-corrected chi connectivity index (χ2v) is 13.5. The van der Waals surface area contributed by atoms with Crippen molar-refractivity contribution >= 4 is 66.7 Å². The minimum Gasteiger partial charge on any atom is -0.497 e. The van der Waals surface area contributed by atoms with Crippen LogP contribution < -0.4 is 28.9 Å². The summed E-state index contributed by atoms with van der Waals surface area (Å²) >= 11 is 0. The second kappa shape index (κ2) is 18.9. The monoisotopic (exact) mass is 748 g/mol. The minimum atomic E-state index is -1.38. The van der Waals surface area contributed by atoms with Crippen molar-refractivity contribution in [2.24, 2.45) is 0 Å². The molecule has 0 radical (unpaired) electrons. The van der Waals surface area contributed by atoms with Gasteiger partial charge in [-0.1, -0.05) is 12.1 Å². The molecule has 2 aromatic carbocycles. The normalized spacial score (nSPS) is 11.6. The average molecular weight is 749 g/mol. The van der Waals surface area contributed by atoms with Crippen LogP contribution in [0.4, 0.5) is 0 Å². The van der Waals surface area contributed by atoms with E-state index in [-0.39, 0.29) is 45.5 Å². The summed E-state index contributed by atoms with van der Waals surface area (Å²) in [6.07, 6.45) is 3.46. The number of rotatable bonds is 10. The number of pyridine rings is 2. The van der Waals surface area contributed by atoms with Crippen LogP contribution in [0.25, 0.3) is 22.1 Å². The SMILES string of the molecule is COc1ccc2[n-]c(S(=O)Cc3ncc(C)c(OC)c3C)nc2c1.COc1ccc2[n-]c(S(=O)Cc3ncc(C)c(OC)c3C)nc2c1.O.O.[Mg+2]. The van der Waals surface area contributed by atoms with Crippen LogP contribution in [0.3, 0.4) is 0 Å². The third-order valence-corrected chi connectivity index (χ3v) is 9.92. The molecule has 6 aromatic rings. The van der Waals surface area contributed by atoms with E-state index >= 15 is 0 Å². The van der Waals surface area contributed by atoms with Gasteiger partial charge in [-0.25, -0.2) is 0 Å². The summed E-state index contributed by atoms with van der Waals surface area (Å²) in [4.78, 5) is 26.2. The predicted octanol–water partition coefficient (Wildman–Crippen LogP) is 3.03. The van der Waals surface area contributed by atoms with Gasteiger partial charge in [0.05, 0.1) is 72.9 Å². The molecule has 17 heteroatoms. The number of ether oxygens (including phenoxy) is 4. The van der Waals surface area contributed by atoms with Crippen LogP contribution in [0.15, 0.2) is 59.1 Å². The first-order valence-electron chi connectivity index (χ1n) is 14.8. The Morgan fingerprint density at radius 1 is 0.608 bits per heavy atom. The zero-order valence-electron chi connectivity index (χ0n) is 29.7. The minimum absolute atomic E-state index is 0. The van der Waals surface area contributed by atoms with Crippen molar-refractivity contribution in [2.75, 3.05) is 28.4 Å². The molecule has 4 N–H and O–H groups in total. The van der Waals surface area contributed by atoms with Crippen molar-refractivity contribution in [3.63, 3.8) is 0 Å². The average Bonchev–Trinajstić information content (AvgIpc) is 3.72. The van der Waals surface area contributed by atoms with Gasteiger partial charge in [0, 0.05) is 45.0 Å². The number of hydrogen-bond donors (Lipinski definition) is 0. The van der Waals surface area contributed by atoms with Gasteiger partial charge in [0.1, 0.15) is 23.0 Å². The van der Waals surface area contributed by atoms with Crippen molar-refractivity contribution in [1.29, 1.82) is 0 Å². The first-order valence-corrected chi connectivity index (χ1v) is 17.4. The number of aromatic nitrogens is 6. The van der Waals surface area contributed by atoms with Crippen LogP contribution in [0.2, 0.25) is 0 Å². The van der Waals surface area contributed by atoms with Gasteiger partial charge in [0.15, 0.2) is 0 Å². The molecule has 2 atom stereocenters. The number of nitrogens with zero attached hydrogens (tertiary/aromatic N) is 6. The molecule has 4 aromatic heterocycles. The fraction of sp³-hybridized carbons (Fsp3) is 0.294. The molecule has 0 amide bonds. The quantitative estimate of drug-likeness (QED) is 0.185. The Labute approximate surface area is 316 Å². The number of aryl methyl sites for hydroxylation is 2. The summed E-state index contributed by atoms with van der Waals surface area (Å²) in [5.74, 6) is 3.43. The molecule has 0 saturated heterocycles. The second-order valence-electron chi connectivity index (χ2n) is 10.8. The number of imidazole rings is 2. The van der Waals surface area contributed by atoms with Gasteiger partial charge >= 0.3 is 23.1 Å². The van der Waals surface area contributed by atoms with Gasteiger partial charge in [0.2, 0.25) is 0 Å². The van der Waals surface area contributed by atoms with E-state index in [4.69, 9.17) is 18.9 Å². The van der Waals surface area contributed by atoms with Crippen molar-refractivity contribution in [3.05, 3.63) is 82.4 Å². The molecular formula is C34H40MgN6O8S2. The van der Waals surface area contributed by atoms with Gasteiger partial charge in [0.25, 0.3) is 0 Å². The van der Waals surface area contributed by atoms with Gasteiger partial charge < -0.3 is 49.8 Å². The Hall–Kier alpha value is -4.13.